The van der Waals surface area contributed by atoms with Crippen LogP contribution in [0.3, 0.4) is 0 Å². The summed E-state index contributed by atoms with van der Waals surface area (Å²) in [7, 11) is 0. The summed E-state index contributed by atoms with van der Waals surface area (Å²) in [6.07, 6.45) is 0. The maximum absolute atomic E-state index is 13.4. The molecule has 0 atom stereocenters. The van der Waals surface area contributed by atoms with E-state index in [1.807, 2.05) is 13.8 Å². The second kappa shape index (κ2) is 5.60. The Morgan fingerprint density at radius 3 is 2.75 bits per heavy atom. The standard InChI is InChI=1S/C13H13FN4O2/c1-8(2)18-12(15-16-17-18)9(3)13(19)20-11-7-5-4-6-10(11)14/h4-8H,3H2,1-2H3. The number of benzene rings is 1. The topological polar surface area (TPSA) is 69.9 Å². The van der Waals surface area contributed by atoms with Crippen LogP contribution in [0, 0.1) is 5.82 Å². The molecule has 7 heteroatoms. The number of carbonyl (C=O) groups is 1. The van der Waals surface area contributed by atoms with Crippen molar-refractivity contribution in [2.45, 2.75) is 19.9 Å². The summed E-state index contributed by atoms with van der Waals surface area (Å²) in [5, 5.41) is 11.0. The summed E-state index contributed by atoms with van der Waals surface area (Å²) in [5.41, 5.74) is -0.0352. The third kappa shape index (κ3) is 2.71. The van der Waals surface area contributed by atoms with Crippen molar-refractivity contribution in [1.82, 2.24) is 20.2 Å². The molecular weight excluding hydrogens is 263 g/mol. The van der Waals surface area contributed by atoms with E-state index < -0.39 is 11.8 Å². The fourth-order valence-electron chi connectivity index (χ4n) is 1.52. The Kier molecular flexibility index (Phi) is 3.88. The Hall–Kier alpha value is -2.57. The van der Waals surface area contributed by atoms with Crippen molar-refractivity contribution in [3.63, 3.8) is 0 Å². The normalized spacial score (nSPS) is 10.6. The third-order valence-corrected chi connectivity index (χ3v) is 2.54. The first kappa shape index (κ1) is 13.9. The molecule has 0 spiro atoms. The Balaban J connectivity index is 2.19. The van der Waals surface area contributed by atoms with E-state index in [4.69, 9.17) is 4.74 Å². The number of esters is 1. The van der Waals surface area contributed by atoms with E-state index in [2.05, 4.69) is 22.1 Å². The van der Waals surface area contributed by atoms with E-state index in [9.17, 15) is 9.18 Å². The molecular formula is C13H13FN4O2. The smallest absolute Gasteiger partial charge is 0.346 e. The van der Waals surface area contributed by atoms with Crippen LogP contribution in [-0.4, -0.2) is 26.2 Å². The number of nitrogens with zero attached hydrogens (tertiary/aromatic N) is 4. The minimum Gasteiger partial charge on any atom is -0.420 e. The number of hydrogen-bond donors (Lipinski definition) is 0. The van der Waals surface area contributed by atoms with Crippen LogP contribution in [0.5, 0.6) is 5.75 Å². The summed E-state index contributed by atoms with van der Waals surface area (Å²) < 4.78 is 19.8. The van der Waals surface area contributed by atoms with Crippen molar-refractivity contribution >= 4 is 11.5 Å². The van der Waals surface area contributed by atoms with Crippen molar-refractivity contribution in [1.29, 1.82) is 0 Å². The van der Waals surface area contributed by atoms with Crippen molar-refractivity contribution in [2.75, 3.05) is 0 Å². The lowest BCUT2D eigenvalue weighted by Gasteiger charge is -2.09. The van der Waals surface area contributed by atoms with Gasteiger partial charge < -0.3 is 4.74 Å². The molecule has 0 saturated heterocycles. The minimum absolute atomic E-state index is 0.0352. The molecule has 104 valence electrons. The first-order valence-electron chi connectivity index (χ1n) is 5.94. The van der Waals surface area contributed by atoms with E-state index in [1.54, 1.807) is 6.07 Å². The molecule has 6 nitrogen and oxygen atoms in total. The van der Waals surface area contributed by atoms with Crippen LogP contribution in [0.25, 0.3) is 5.57 Å². The highest BCUT2D eigenvalue weighted by Gasteiger charge is 2.21. The summed E-state index contributed by atoms with van der Waals surface area (Å²) in [6, 6.07) is 5.57. The number of tetrazole rings is 1. The van der Waals surface area contributed by atoms with Crippen molar-refractivity contribution in [3.8, 4) is 5.75 Å². The molecule has 20 heavy (non-hydrogen) atoms. The predicted molar refractivity (Wildman–Crippen MR) is 69.3 cm³/mol. The number of halogens is 1. The summed E-state index contributed by atoms with van der Waals surface area (Å²) >= 11 is 0. The molecule has 2 aromatic rings. The Morgan fingerprint density at radius 1 is 1.40 bits per heavy atom. The SMILES string of the molecule is C=C(C(=O)Oc1ccccc1F)c1nnnn1C(C)C. The zero-order chi connectivity index (χ0) is 14.7. The Labute approximate surface area is 114 Å². The number of carbonyl (C=O) groups excluding carboxylic acids is 1. The highest BCUT2D eigenvalue weighted by molar-refractivity contribution is 6.15. The van der Waals surface area contributed by atoms with E-state index in [0.717, 1.165) is 0 Å². The van der Waals surface area contributed by atoms with Gasteiger partial charge in [0.25, 0.3) is 0 Å². The van der Waals surface area contributed by atoms with Crippen LogP contribution >= 0.6 is 0 Å². The maximum atomic E-state index is 13.4. The molecule has 0 aliphatic heterocycles. The number of aromatic nitrogens is 4. The van der Waals surface area contributed by atoms with Crippen molar-refractivity contribution in [3.05, 3.63) is 42.5 Å². The van der Waals surface area contributed by atoms with Gasteiger partial charge in [0.15, 0.2) is 17.4 Å². The summed E-state index contributed by atoms with van der Waals surface area (Å²) in [6.45, 7) is 7.32. The van der Waals surface area contributed by atoms with Gasteiger partial charge in [0.1, 0.15) is 0 Å². The monoisotopic (exact) mass is 276 g/mol. The lowest BCUT2D eigenvalue weighted by Crippen LogP contribution is -2.16. The van der Waals surface area contributed by atoms with Gasteiger partial charge in [-0.25, -0.2) is 13.9 Å². The van der Waals surface area contributed by atoms with Crippen LogP contribution in [0.4, 0.5) is 4.39 Å². The van der Waals surface area contributed by atoms with Gasteiger partial charge in [-0.3, -0.25) is 0 Å². The second-order valence-electron chi connectivity index (χ2n) is 4.34. The first-order valence-corrected chi connectivity index (χ1v) is 5.94. The number of rotatable bonds is 4. The maximum Gasteiger partial charge on any atom is 0.346 e. The zero-order valence-electron chi connectivity index (χ0n) is 11.1. The largest absolute Gasteiger partial charge is 0.420 e. The molecule has 0 amide bonds. The summed E-state index contributed by atoms with van der Waals surface area (Å²) in [5.74, 6) is -1.40. The molecule has 1 heterocycles. The fraction of sp³-hybridized carbons (Fsp3) is 0.231. The quantitative estimate of drug-likeness (QED) is 0.485. The van der Waals surface area contributed by atoms with Crippen molar-refractivity contribution < 1.29 is 13.9 Å². The van der Waals surface area contributed by atoms with Crippen LogP contribution in [0.2, 0.25) is 0 Å². The van der Waals surface area contributed by atoms with Crippen LogP contribution in [-0.2, 0) is 4.79 Å². The molecule has 0 aliphatic rings. The number of para-hydroxylation sites is 1. The van der Waals surface area contributed by atoms with E-state index in [0.29, 0.717) is 0 Å². The fourth-order valence-corrected chi connectivity index (χ4v) is 1.52. The van der Waals surface area contributed by atoms with E-state index in [1.165, 1.54) is 22.9 Å². The Morgan fingerprint density at radius 2 is 2.10 bits per heavy atom. The summed E-state index contributed by atoms with van der Waals surface area (Å²) in [4.78, 5) is 11.9. The molecule has 0 radical (unpaired) electrons. The highest BCUT2D eigenvalue weighted by Crippen LogP contribution is 2.19. The van der Waals surface area contributed by atoms with Crippen molar-refractivity contribution in [2.24, 2.45) is 0 Å². The molecule has 2 rings (SSSR count). The molecule has 0 saturated carbocycles. The molecule has 0 bridgehead atoms. The van der Waals surface area contributed by atoms with Crippen LogP contribution in [0.15, 0.2) is 30.8 Å². The Bertz CT molecular complexity index is 651. The van der Waals surface area contributed by atoms with Gasteiger partial charge >= 0.3 is 5.97 Å². The zero-order valence-corrected chi connectivity index (χ0v) is 11.1. The molecule has 0 fully saturated rings. The third-order valence-electron chi connectivity index (χ3n) is 2.54. The van der Waals surface area contributed by atoms with Crippen LogP contribution in [0.1, 0.15) is 25.7 Å². The second-order valence-corrected chi connectivity index (χ2v) is 4.34. The highest BCUT2D eigenvalue weighted by atomic mass is 19.1. The van der Waals surface area contributed by atoms with E-state index in [-0.39, 0.29) is 23.2 Å². The van der Waals surface area contributed by atoms with E-state index >= 15 is 0 Å². The molecule has 0 N–H and O–H groups in total. The van der Waals surface area contributed by atoms with Gasteiger partial charge in [-0.1, -0.05) is 18.7 Å². The van der Waals surface area contributed by atoms with Gasteiger partial charge in [0, 0.05) is 0 Å². The predicted octanol–water partition coefficient (Wildman–Crippen LogP) is 2.01. The minimum atomic E-state index is -0.799. The molecule has 0 unspecified atom stereocenters. The first-order chi connectivity index (χ1) is 9.50. The van der Waals surface area contributed by atoms with Gasteiger partial charge in [-0.2, -0.15) is 0 Å². The average Bonchev–Trinajstić information content (AvgIpc) is 2.89. The molecule has 0 aliphatic carbocycles. The number of hydrogen-bond acceptors (Lipinski definition) is 5. The number of ether oxygens (including phenoxy) is 1. The lowest BCUT2D eigenvalue weighted by atomic mass is 10.2. The lowest BCUT2D eigenvalue weighted by molar-refractivity contribution is -0.128. The van der Waals surface area contributed by atoms with Crippen LogP contribution < -0.4 is 4.74 Å². The van der Waals surface area contributed by atoms with Gasteiger partial charge in [-0.05, 0) is 36.4 Å². The molecule has 1 aromatic carbocycles. The molecule has 1 aromatic heterocycles. The van der Waals surface area contributed by atoms with Gasteiger partial charge in [-0.15, -0.1) is 5.10 Å². The average molecular weight is 276 g/mol. The van der Waals surface area contributed by atoms with Gasteiger partial charge in [0.2, 0.25) is 0 Å². The van der Waals surface area contributed by atoms with Gasteiger partial charge in [0.05, 0.1) is 11.6 Å².